The maximum atomic E-state index is 13.7. The normalized spacial score (nSPS) is 18.9. The maximum Gasteiger partial charge on any atom is 0.283 e. The Balaban J connectivity index is 1.27. The van der Waals surface area contributed by atoms with Gasteiger partial charge < -0.3 is 20.5 Å². The highest BCUT2D eigenvalue weighted by atomic mass is 32.2. The van der Waals surface area contributed by atoms with Crippen LogP contribution in [0.3, 0.4) is 0 Å². The zero-order valence-corrected chi connectivity index (χ0v) is 22.7. The zero-order valence-electron chi connectivity index (χ0n) is 21.1. The maximum absolute atomic E-state index is 13.7. The van der Waals surface area contributed by atoms with Crippen LogP contribution in [-0.2, 0) is 29.4 Å². The Hall–Kier alpha value is -3.73. The molecule has 14 nitrogen and oxygen atoms in total. The fraction of sp³-hybridized carbons (Fsp3) is 0.391. The fourth-order valence-corrected chi connectivity index (χ4v) is 7.68. The molecule has 0 radical (unpaired) electrons. The van der Waals surface area contributed by atoms with Crippen molar-refractivity contribution in [1.29, 1.82) is 5.41 Å². The Labute approximate surface area is 227 Å². The highest BCUT2D eigenvalue weighted by Gasteiger charge is 2.39. The SMILES string of the molecule is CN1CCc2nc(C(=O)N3CCN(S(=O)(=O)c4cc5ccc(C(=N)N)cc5[nH]4)CC3Cc3nn[nH]n3)sc2C1. The van der Waals surface area contributed by atoms with Crippen molar-refractivity contribution in [2.24, 2.45) is 5.73 Å². The summed E-state index contributed by atoms with van der Waals surface area (Å²) in [5, 5.41) is 22.9. The lowest BCUT2D eigenvalue weighted by atomic mass is 10.1. The van der Waals surface area contributed by atoms with Crippen LogP contribution in [0, 0.1) is 5.41 Å². The number of hydrogen-bond donors (Lipinski definition) is 4. The molecule has 6 rings (SSSR count). The van der Waals surface area contributed by atoms with Crippen LogP contribution in [0.15, 0.2) is 29.3 Å². The number of carbonyl (C=O) groups is 1. The van der Waals surface area contributed by atoms with Crippen molar-refractivity contribution >= 4 is 44.0 Å². The average molecular weight is 570 g/mol. The number of fused-ring (bicyclic) bond motifs is 2. The second kappa shape index (κ2) is 9.78. The summed E-state index contributed by atoms with van der Waals surface area (Å²) in [6.07, 6.45) is 1.03. The van der Waals surface area contributed by atoms with Gasteiger partial charge in [-0.05, 0) is 19.2 Å². The molecule has 1 unspecified atom stereocenters. The minimum atomic E-state index is -3.92. The fourth-order valence-electron chi connectivity index (χ4n) is 5.05. The van der Waals surface area contributed by atoms with Gasteiger partial charge in [-0.15, -0.1) is 21.5 Å². The number of carbonyl (C=O) groups excluding carboxylic acids is 1. The molecule has 0 saturated carbocycles. The number of aromatic amines is 2. The molecule has 1 saturated heterocycles. The Morgan fingerprint density at radius 3 is 2.87 bits per heavy atom. The molecule has 1 fully saturated rings. The summed E-state index contributed by atoms with van der Waals surface area (Å²) in [5.41, 5.74) is 7.61. The van der Waals surface area contributed by atoms with E-state index in [1.807, 2.05) is 7.05 Å². The van der Waals surface area contributed by atoms with Crippen LogP contribution < -0.4 is 5.73 Å². The standard InChI is InChI=1S/C23H27N11O3S2/c1-32-5-4-16-18(12-32)38-22(27-16)23(35)34-7-6-33(11-15(34)10-19-28-30-31-29-19)39(36,37)20-9-13-2-3-14(21(24)25)8-17(13)26-20/h2-3,8-9,15,26H,4-7,10-12H2,1H3,(H3,24,25)(H,28,29,30,31). The highest BCUT2D eigenvalue weighted by Crippen LogP contribution is 2.29. The molecule has 4 aromatic rings. The molecule has 5 heterocycles. The predicted octanol–water partition coefficient (Wildman–Crippen LogP) is 0.167. The Kier molecular flexibility index (Phi) is 6.41. The molecule has 1 amide bonds. The van der Waals surface area contributed by atoms with E-state index in [9.17, 15) is 13.2 Å². The molecular weight excluding hydrogens is 542 g/mol. The van der Waals surface area contributed by atoms with E-state index in [1.54, 1.807) is 29.2 Å². The lowest BCUT2D eigenvalue weighted by Gasteiger charge is -2.39. The summed E-state index contributed by atoms with van der Waals surface area (Å²) < 4.78 is 28.8. The van der Waals surface area contributed by atoms with Gasteiger partial charge in [-0.1, -0.05) is 17.3 Å². The van der Waals surface area contributed by atoms with Crippen molar-refractivity contribution in [2.45, 2.75) is 30.5 Å². The van der Waals surface area contributed by atoms with Crippen LogP contribution in [-0.4, -0.2) is 104 Å². The van der Waals surface area contributed by atoms with Crippen molar-refractivity contribution in [2.75, 3.05) is 33.2 Å². The number of H-pyrrole nitrogens is 2. The number of aromatic nitrogens is 6. The summed E-state index contributed by atoms with van der Waals surface area (Å²) in [6, 6.07) is 6.10. The molecule has 0 bridgehead atoms. The monoisotopic (exact) mass is 569 g/mol. The van der Waals surface area contributed by atoms with Gasteiger partial charge in [0.2, 0.25) is 0 Å². The van der Waals surface area contributed by atoms with Crippen LogP contribution in [0.4, 0.5) is 0 Å². The molecule has 1 atom stereocenters. The van der Waals surface area contributed by atoms with Crippen LogP contribution in [0.5, 0.6) is 0 Å². The summed E-state index contributed by atoms with van der Waals surface area (Å²) in [7, 11) is -1.88. The molecule has 5 N–H and O–H groups in total. The van der Waals surface area contributed by atoms with E-state index in [2.05, 4.69) is 35.5 Å². The lowest BCUT2D eigenvalue weighted by Crippen LogP contribution is -2.57. The van der Waals surface area contributed by atoms with Gasteiger partial charge in [0.05, 0.1) is 11.7 Å². The van der Waals surface area contributed by atoms with E-state index in [-0.39, 0.29) is 42.8 Å². The number of sulfonamides is 1. The summed E-state index contributed by atoms with van der Waals surface area (Å²) in [6.45, 7) is 2.03. The van der Waals surface area contributed by atoms with Gasteiger partial charge in [-0.2, -0.15) is 9.52 Å². The molecule has 2 aliphatic rings. The second-order valence-corrected chi connectivity index (χ2v) is 12.8. The number of hydrogen-bond acceptors (Lipinski definition) is 10. The molecular formula is C23H27N11O3S2. The minimum absolute atomic E-state index is 0.0352. The highest BCUT2D eigenvalue weighted by molar-refractivity contribution is 7.89. The molecule has 0 aliphatic carbocycles. The molecule has 2 aliphatic heterocycles. The van der Waals surface area contributed by atoms with Gasteiger partial charge in [0.15, 0.2) is 10.8 Å². The number of likely N-dealkylation sites (N-methyl/N-ethyl adjacent to an activating group) is 1. The molecule has 204 valence electrons. The van der Waals surface area contributed by atoms with E-state index in [1.165, 1.54) is 15.6 Å². The number of piperazine rings is 1. The number of amides is 1. The summed E-state index contributed by atoms with van der Waals surface area (Å²) in [4.78, 5) is 26.2. The number of nitrogens with one attached hydrogen (secondary N) is 3. The van der Waals surface area contributed by atoms with E-state index < -0.39 is 16.1 Å². The van der Waals surface area contributed by atoms with E-state index >= 15 is 0 Å². The van der Waals surface area contributed by atoms with E-state index in [4.69, 9.17) is 11.1 Å². The molecule has 39 heavy (non-hydrogen) atoms. The topological polar surface area (TPSA) is 194 Å². The van der Waals surface area contributed by atoms with E-state index in [0.29, 0.717) is 27.3 Å². The predicted molar refractivity (Wildman–Crippen MR) is 143 cm³/mol. The average Bonchev–Trinajstić information content (AvgIpc) is 3.67. The van der Waals surface area contributed by atoms with Crippen molar-refractivity contribution in [3.8, 4) is 0 Å². The number of tetrazole rings is 1. The Morgan fingerprint density at radius 2 is 2.10 bits per heavy atom. The first-order chi connectivity index (χ1) is 18.7. The zero-order chi connectivity index (χ0) is 27.3. The molecule has 16 heteroatoms. The van der Waals surface area contributed by atoms with Gasteiger partial charge in [0.25, 0.3) is 15.9 Å². The number of benzene rings is 1. The van der Waals surface area contributed by atoms with Crippen LogP contribution in [0.25, 0.3) is 10.9 Å². The Morgan fingerprint density at radius 1 is 1.26 bits per heavy atom. The molecule has 1 aromatic carbocycles. The Bertz CT molecular complexity index is 1660. The first kappa shape index (κ1) is 25.5. The van der Waals surface area contributed by atoms with Gasteiger partial charge in [0, 0.05) is 66.9 Å². The third-order valence-electron chi connectivity index (χ3n) is 7.15. The van der Waals surface area contributed by atoms with Crippen molar-refractivity contribution in [3.63, 3.8) is 0 Å². The number of nitrogens with zero attached hydrogens (tertiary/aromatic N) is 7. The van der Waals surface area contributed by atoms with Gasteiger partial charge >= 0.3 is 0 Å². The first-order valence-corrected chi connectivity index (χ1v) is 14.6. The summed E-state index contributed by atoms with van der Waals surface area (Å²) >= 11 is 1.40. The van der Waals surface area contributed by atoms with Gasteiger partial charge in [-0.3, -0.25) is 10.2 Å². The van der Waals surface area contributed by atoms with Gasteiger partial charge in [0.1, 0.15) is 10.9 Å². The van der Waals surface area contributed by atoms with Gasteiger partial charge in [-0.25, -0.2) is 13.4 Å². The van der Waals surface area contributed by atoms with Crippen LogP contribution in [0.2, 0.25) is 0 Å². The number of amidine groups is 1. The van der Waals surface area contributed by atoms with Crippen LogP contribution in [0.1, 0.15) is 31.8 Å². The van der Waals surface area contributed by atoms with Crippen LogP contribution >= 0.6 is 11.3 Å². The van der Waals surface area contributed by atoms with Crippen molar-refractivity contribution in [3.05, 3.63) is 51.2 Å². The lowest BCUT2D eigenvalue weighted by molar-refractivity contribution is 0.0561. The number of nitrogen functional groups attached to an aromatic ring is 1. The third-order valence-corrected chi connectivity index (χ3v) is 10.0. The largest absolute Gasteiger partial charge is 0.384 e. The smallest absolute Gasteiger partial charge is 0.283 e. The van der Waals surface area contributed by atoms with Crippen molar-refractivity contribution in [1.82, 2.24) is 44.7 Å². The number of thiazole rings is 1. The molecule has 0 spiro atoms. The summed E-state index contributed by atoms with van der Waals surface area (Å²) in [5.74, 6) is 0.0681. The molecule has 3 aromatic heterocycles. The third kappa shape index (κ3) is 4.80. The second-order valence-electron chi connectivity index (χ2n) is 9.77. The minimum Gasteiger partial charge on any atom is -0.384 e. The number of nitrogens with two attached hydrogens (primary N) is 1. The first-order valence-electron chi connectivity index (χ1n) is 12.4. The number of rotatable bonds is 6. The van der Waals surface area contributed by atoms with E-state index in [0.717, 1.165) is 30.1 Å². The quantitative estimate of drug-likeness (QED) is 0.185. The van der Waals surface area contributed by atoms with Crippen molar-refractivity contribution < 1.29 is 13.2 Å².